The zero-order valence-corrected chi connectivity index (χ0v) is 19.7. The molecule has 4 aromatic carbocycles. The van der Waals surface area contributed by atoms with E-state index in [0.29, 0.717) is 17.8 Å². The largest absolute Gasteiger partial charge is 0.449 e. The first-order chi connectivity index (χ1) is 17.6. The van der Waals surface area contributed by atoms with Gasteiger partial charge < -0.3 is 21.1 Å². The van der Waals surface area contributed by atoms with Crippen LogP contribution in [0.15, 0.2) is 103 Å². The zero-order valence-electron chi connectivity index (χ0n) is 19.7. The van der Waals surface area contributed by atoms with Gasteiger partial charge >= 0.3 is 6.09 Å². The number of benzene rings is 4. The highest BCUT2D eigenvalue weighted by atomic mass is 16.5. The third-order valence-corrected chi connectivity index (χ3v) is 6.41. The van der Waals surface area contributed by atoms with Crippen LogP contribution in [0.25, 0.3) is 11.1 Å². The van der Waals surface area contributed by atoms with Crippen LogP contribution in [0, 0.1) is 0 Å². The normalized spacial score (nSPS) is 12.8. The lowest BCUT2D eigenvalue weighted by Gasteiger charge is -2.20. The van der Waals surface area contributed by atoms with Crippen LogP contribution in [0.1, 0.15) is 22.6 Å². The molecule has 2 amide bonds. The summed E-state index contributed by atoms with van der Waals surface area (Å²) in [6.45, 7) is 0.178. The van der Waals surface area contributed by atoms with E-state index in [9.17, 15) is 9.59 Å². The summed E-state index contributed by atoms with van der Waals surface area (Å²) in [6.07, 6.45) is -0.309. The number of amides is 2. The SMILES string of the molecule is Nc1ccc(NC(=O)[C@H](Cc2ccccc2)NC(=O)OCC2c3ccccc3-c3ccccc32)cc1. The number of nitrogens with two attached hydrogens (primary N) is 1. The predicted molar refractivity (Wildman–Crippen MR) is 142 cm³/mol. The predicted octanol–water partition coefficient (Wildman–Crippen LogP) is 5.36. The molecule has 0 heterocycles. The summed E-state index contributed by atoms with van der Waals surface area (Å²) in [5.41, 5.74) is 12.5. The number of nitrogen functional groups attached to an aromatic ring is 1. The van der Waals surface area contributed by atoms with Crippen molar-refractivity contribution in [3.8, 4) is 11.1 Å². The second kappa shape index (κ2) is 10.4. The van der Waals surface area contributed by atoms with Crippen LogP contribution in [0.5, 0.6) is 0 Å². The van der Waals surface area contributed by atoms with Gasteiger partial charge in [0.25, 0.3) is 0 Å². The van der Waals surface area contributed by atoms with Crippen molar-refractivity contribution in [1.29, 1.82) is 0 Å². The van der Waals surface area contributed by atoms with Gasteiger partial charge in [-0.15, -0.1) is 0 Å². The van der Waals surface area contributed by atoms with Crippen LogP contribution in [0.3, 0.4) is 0 Å². The fourth-order valence-corrected chi connectivity index (χ4v) is 4.64. The molecule has 0 fully saturated rings. The Bertz CT molecular complexity index is 1320. The molecule has 6 heteroatoms. The molecule has 0 saturated carbocycles. The van der Waals surface area contributed by atoms with Crippen LogP contribution in [-0.4, -0.2) is 24.6 Å². The molecular weight excluding hydrogens is 450 g/mol. The van der Waals surface area contributed by atoms with E-state index in [2.05, 4.69) is 34.9 Å². The molecule has 0 aromatic heterocycles. The molecule has 4 aromatic rings. The van der Waals surface area contributed by atoms with Gasteiger partial charge in [0.1, 0.15) is 12.6 Å². The summed E-state index contributed by atoms with van der Waals surface area (Å²) in [5, 5.41) is 5.62. The summed E-state index contributed by atoms with van der Waals surface area (Å²) in [5.74, 6) is -0.392. The minimum atomic E-state index is -0.819. The fraction of sp³-hybridized carbons (Fsp3) is 0.133. The lowest BCUT2D eigenvalue weighted by atomic mass is 9.98. The lowest BCUT2D eigenvalue weighted by molar-refractivity contribution is -0.118. The van der Waals surface area contributed by atoms with E-state index in [1.165, 1.54) is 0 Å². The maximum atomic E-state index is 13.1. The van der Waals surface area contributed by atoms with Crippen molar-refractivity contribution < 1.29 is 14.3 Å². The van der Waals surface area contributed by atoms with Crippen LogP contribution >= 0.6 is 0 Å². The van der Waals surface area contributed by atoms with E-state index in [0.717, 1.165) is 27.8 Å². The first-order valence-electron chi connectivity index (χ1n) is 11.9. The monoisotopic (exact) mass is 477 g/mol. The number of hydrogen-bond donors (Lipinski definition) is 3. The molecule has 0 spiro atoms. The number of nitrogens with one attached hydrogen (secondary N) is 2. The molecule has 0 radical (unpaired) electrons. The van der Waals surface area contributed by atoms with Crippen molar-refractivity contribution in [1.82, 2.24) is 5.32 Å². The maximum absolute atomic E-state index is 13.1. The van der Waals surface area contributed by atoms with E-state index >= 15 is 0 Å². The molecule has 1 aliphatic rings. The van der Waals surface area contributed by atoms with Crippen LogP contribution < -0.4 is 16.4 Å². The van der Waals surface area contributed by atoms with Gasteiger partial charge in [-0.2, -0.15) is 0 Å². The standard InChI is InChI=1S/C30H27N3O3/c31-21-14-16-22(17-15-21)32-29(34)28(18-20-8-2-1-3-9-20)33-30(35)36-19-27-25-12-6-4-10-23(25)24-11-5-7-13-26(24)27/h1-17,27-28H,18-19,31H2,(H,32,34)(H,33,35)/t28-/m0/s1. The molecule has 0 saturated heterocycles. The topological polar surface area (TPSA) is 93.5 Å². The molecule has 36 heavy (non-hydrogen) atoms. The van der Waals surface area contributed by atoms with E-state index in [4.69, 9.17) is 10.5 Å². The van der Waals surface area contributed by atoms with Gasteiger partial charge in [-0.3, -0.25) is 4.79 Å². The van der Waals surface area contributed by atoms with E-state index < -0.39 is 12.1 Å². The highest BCUT2D eigenvalue weighted by molar-refractivity contribution is 5.96. The molecule has 0 unspecified atom stereocenters. The number of anilines is 2. The minimum absolute atomic E-state index is 0.0562. The smallest absolute Gasteiger partial charge is 0.407 e. The highest BCUT2D eigenvalue weighted by Crippen LogP contribution is 2.44. The third kappa shape index (κ3) is 5.08. The number of carbonyl (C=O) groups is 2. The van der Waals surface area contributed by atoms with Crippen molar-refractivity contribution in [2.75, 3.05) is 17.7 Å². The first kappa shape index (κ1) is 23.2. The number of fused-ring (bicyclic) bond motifs is 3. The van der Waals surface area contributed by atoms with Crippen molar-refractivity contribution in [3.05, 3.63) is 120 Å². The maximum Gasteiger partial charge on any atom is 0.407 e. The Hall–Kier alpha value is -4.58. The van der Waals surface area contributed by atoms with E-state index in [-0.39, 0.29) is 18.4 Å². The first-order valence-corrected chi connectivity index (χ1v) is 11.9. The Morgan fingerprint density at radius 2 is 1.36 bits per heavy atom. The van der Waals surface area contributed by atoms with Crippen molar-refractivity contribution >= 4 is 23.4 Å². The van der Waals surface area contributed by atoms with E-state index in [1.807, 2.05) is 54.6 Å². The summed E-state index contributed by atoms with van der Waals surface area (Å²) >= 11 is 0. The Labute approximate surface area is 210 Å². The number of alkyl carbamates (subject to hydrolysis) is 1. The molecule has 0 aliphatic heterocycles. The molecule has 5 rings (SSSR count). The number of carbonyl (C=O) groups excluding carboxylic acids is 2. The summed E-state index contributed by atoms with van der Waals surface area (Å²) in [6, 6.07) is 31.9. The number of hydrogen-bond acceptors (Lipinski definition) is 4. The average molecular weight is 478 g/mol. The zero-order chi connectivity index (χ0) is 24.9. The highest BCUT2D eigenvalue weighted by Gasteiger charge is 2.30. The lowest BCUT2D eigenvalue weighted by Crippen LogP contribution is -2.45. The Morgan fingerprint density at radius 1 is 0.778 bits per heavy atom. The fourth-order valence-electron chi connectivity index (χ4n) is 4.64. The average Bonchev–Trinajstić information content (AvgIpc) is 3.23. The number of rotatable bonds is 7. The van der Waals surface area contributed by atoms with Crippen LogP contribution in [0.4, 0.5) is 16.2 Å². The van der Waals surface area contributed by atoms with Gasteiger partial charge in [0.2, 0.25) is 5.91 Å². The summed E-state index contributed by atoms with van der Waals surface area (Å²) < 4.78 is 5.68. The molecule has 1 atom stereocenters. The second-order valence-corrected chi connectivity index (χ2v) is 8.82. The molecule has 1 aliphatic carbocycles. The van der Waals surface area contributed by atoms with Crippen molar-refractivity contribution in [2.24, 2.45) is 0 Å². The Kier molecular flexibility index (Phi) is 6.67. The van der Waals surface area contributed by atoms with Gasteiger partial charge in [-0.25, -0.2) is 4.79 Å². The quantitative estimate of drug-likeness (QED) is 0.313. The second-order valence-electron chi connectivity index (χ2n) is 8.82. The summed E-state index contributed by atoms with van der Waals surface area (Å²) in [4.78, 5) is 26.0. The van der Waals surface area contributed by atoms with Crippen LogP contribution in [0.2, 0.25) is 0 Å². The molecule has 0 bridgehead atoms. The Balaban J connectivity index is 1.29. The van der Waals surface area contributed by atoms with E-state index in [1.54, 1.807) is 24.3 Å². The van der Waals surface area contributed by atoms with Gasteiger partial charge in [0.05, 0.1) is 0 Å². The van der Waals surface area contributed by atoms with Gasteiger partial charge in [-0.1, -0.05) is 78.9 Å². The number of ether oxygens (including phenoxy) is 1. The van der Waals surface area contributed by atoms with Gasteiger partial charge in [-0.05, 0) is 52.1 Å². The molecule has 6 nitrogen and oxygen atoms in total. The van der Waals surface area contributed by atoms with Crippen molar-refractivity contribution in [3.63, 3.8) is 0 Å². The van der Waals surface area contributed by atoms with Gasteiger partial charge in [0.15, 0.2) is 0 Å². The minimum Gasteiger partial charge on any atom is -0.449 e. The Morgan fingerprint density at radius 3 is 2.00 bits per heavy atom. The third-order valence-electron chi connectivity index (χ3n) is 6.41. The van der Waals surface area contributed by atoms with Crippen molar-refractivity contribution in [2.45, 2.75) is 18.4 Å². The molecule has 4 N–H and O–H groups in total. The van der Waals surface area contributed by atoms with Gasteiger partial charge in [0, 0.05) is 23.7 Å². The molecule has 180 valence electrons. The molecular formula is C30H27N3O3. The summed E-state index contributed by atoms with van der Waals surface area (Å²) in [7, 11) is 0. The van der Waals surface area contributed by atoms with Crippen LogP contribution in [-0.2, 0) is 16.0 Å².